The van der Waals surface area contributed by atoms with Crippen LogP contribution < -0.4 is 4.90 Å². The Morgan fingerprint density at radius 1 is 1.10 bits per heavy atom. The quantitative estimate of drug-likeness (QED) is 0.420. The van der Waals surface area contributed by atoms with Gasteiger partial charge >= 0.3 is 0 Å². The van der Waals surface area contributed by atoms with Gasteiger partial charge in [0, 0.05) is 6.42 Å². The van der Waals surface area contributed by atoms with Crippen LogP contribution in [0, 0.1) is 6.92 Å². The maximum atomic E-state index is 13.1. The van der Waals surface area contributed by atoms with Gasteiger partial charge in [-0.25, -0.2) is 13.4 Å². The molecule has 30 heavy (non-hydrogen) atoms. The van der Waals surface area contributed by atoms with Gasteiger partial charge in [-0.2, -0.15) is 0 Å². The lowest BCUT2D eigenvalue weighted by atomic mass is 10.2. The minimum Gasteiger partial charge on any atom is -0.467 e. The highest BCUT2D eigenvalue weighted by atomic mass is 32.2. The second-order valence-corrected chi connectivity index (χ2v) is 10.0. The molecule has 0 saturated carbocycles. The van der Waals surface area contributed by atoms with Crippen LogP contribution in [0.4, 0.5) is 5.13 Å². The highest BCUT2D eigenvalue weighted by molar-refractivity contribution is 7.91. The number of aryl methyl sites for hydroxylation is 1. The highest BCUT2D eigenvalue weighted by Gasteiger charge is 2.24. The largest absolute Gasteiger partial charge is 0.467 e. The first-order valence-corrected chi connectivity index (χ1v) is 11.9. The SMILES string of the molecule is Cc1ccc2nc(N(Cc3ccco3)C(=O)CCS(=O)(=O)c3ccccc3)sc2c1. The van der Waals surface area contributed by atoms with Crippen molar-refractivity contribution in [3.05, 3.63) is 78.3 Å². The average Bonchev–Trinajstić information content (AvgIpc) is 3.40. The summed E-state index contributed by atoms with van der Waals surface area (Å²) in [6.07, 6.45) is 1.40. The van der Waals surface area contributed by atoms with Crippen molar-refractivity contribution in [3.8, 4) is 0 Å². The number of furan rings is 1. The summed E-state index contributed by atoms with van der Waals surface area (Å²) in [6.45, 7) is 2.19. The Labute approximate surface area is 178 Å². The van der Waals surface area contributed by atoms with Crippen molar-refractivity contribution in [2.75, 3.05) is 10.7 Å². The van der Waals surface area contributed by atoms with Gasteiger partial charge in [-0.3, -0.25) is 9.69 Å². The lowest BCUT2D eigenvalue weighted by molar-refractivity contribution is -0.118. The Balaban J connectivity index is 1.59. The van der Waals surface area contributed by atoms with Crippen LogP contribution in [0.2, 0.25) is 0 Å². The number of sulfone groups is 1. The fraction of sp³-hybridized carbons (Fsp3) is 0.182. The first-order valence-electron chi connectivity index (χ1n) is 9.40. The molecule has 4 rings (SSSR count). The van der Waals surface area contributed by atoms with Crippen LogP contribution in [0.5, 0.6) is 0 Å². The van der Waals surface area contributed by atoms with Gasteiger partial charge < -0.3 is 4.42 Å². The smallest absolute Gasteiger partial charge is 0.230 e. The number of nitrogens with zero attached hydrogens (tertiary/aromatic N) is 2. The maximum absolute atomic E-state index is 13.1. The highest BCUT2D eigenvalue weighted by Crippen LogP contribution is 2.31. The number of fused-ring (bicyclic) bond motifs is 1. The number of benzene rings is 2. The zero-order chi connectivity index (χ0) is 21.1. The van der Waals surface area contributed by atoms with E-state index in [-0.39, 0.29) is 29.5 Å². The molecule has 2 heterocycles. The minimum absolute atomic E-state index is 0.146. The molecule has 154 valence electrons. The van der Waals surface area contributed by atoms with E-state index in [4.69, 9.17) is 4.42 Å². The van der Waals surface area contributed by atoms with Gasteiger partial charge in [0.1, 0.15) is 5.76 Å². The first kappa shape index (κ1) is 20.3. The lowest BCUT2D eigenvalue weighted by Crippen LogP contribution is -2.31. The fourth-order valence-corrected chi connectivity index (χ4v) is 5.39. The third kappa shape index (κ3) is 4.44. The number of anilines is 1. The number of carbonyl (C=O) groups excluding carboxylic acids is 1. The molecule has 0 unspecified atom stereocenters. The molecule has 0 radical (unpaired) electrons. The molecule has 2 aromatic carbocycles. The Bertz CT molecular complexity index is 1260. The predicted octanol–water partition coefficient (Wildman–Crippen LogP) is 4.59. The zero-order valence-corrected chi connectivity index (χ0v) is 17.9. The van der Waals surface area contributed by atoms with Crippen molar-refractivity contribution in [2.24, 2.45) is 0 Å². The topological polar surface area (TPSA) is 80.5 Å². The summed E-state index contributed by atoms with van der Waals surface area (Å²) in [5.41, 5.74) is 1.91. The second-order valence-electron chi connectivity index (χ2n) is 6.91. The van der Waals surface area contributed by atoms with Gasteiger partial charge in [-0.1, -0.05) is 35.6 Å². The van der Waals surface area contributed by atoms with E-state index in [9.17, 15) is 13.2 Å². The van der Waals surface area contributed by atoms with Crippen molar-refractivity contribution >= 4 is 42.4 Å². The number of hydrogen-bond acceptors (Lipinski definition) is 6. The molecule has 0 atom stereocenters. The van der Waals surface area contributed by atoms with E-state index in [1.165, 1.54) is 28.4 Å². The standard InChI is InChI=1S/C22H20N2O4S2/c1-16-9-10-19-20(14-16)29-22(23-19)24(15-17-6-5-12-28-17)21(25)11-13-30(26,27)18-7-3-2-4-8-18/h2-10,12,14H,11,13,15H2,1H3. The fourth-order valence-electron chi connectivity index (χ4n) is 3.06. The summed E-state index contributed by atoms with van der Waals surface area (Å²) < 4.78 is 31.6. The van der Waals surface area contributed by atoms with Crippen molar-refractivity contribution in [3.63, 3.8) is 0 Å². The molecular formula is C22H20N2O4S2. The lowest BCUT2D eigenvalue weighted by Gasteiger charge is -2.18. The third-order valence-electron chi connectivity index (χ3n) is 4.65. The molecule has 0 saturated heterocycles. The first-order chi connectivity index (χ1) is 14.4. The van der Waals surface area contributed by atoms with Crippen LogP contribution in [0.3, 0.4) is 0 Å². The third-order valence-corrected chi connectivity index (χ3v) is 7.42. The maximum Gasteiger partial charge on any atom is 0.230 e. The van der Waals surface area contributed by atoms with Crippen molar-refractivity contribution in [1.29, 1.82) is 0 Å². The van der Waals surface area contributed by atoms with Crippen LogP contribution in [-0.2, 0) is 21.2 Å². The van der Waals surface area contributed by atoms with E-state index >= 15 is 0 Å². The van der Waals surface area contributed by atoms with E-state index in [2.05, 4.69) is 4.98 Å². The second kappa shape index (κ2) is 8.41. The van der Waals surface area contributed by atoms with E-state index < -0.39 is 9.84 Å². The van der Waals surface area contributed by atoms with Crippen LogP contribution >= 0.6 is 11.3 Å². The van der Waals surface area contributed by atoms with Gasteiger partial charge in [-0.05, 0) is 48.9 Å². The van der Waals surface area contributed by atoms with Crippen molar-refractivity contribution in [1.82, 2.24) is 4.98 Å². The molecule has 0 N–H and O–H groups in total. The average molecular weight is 441 g/mol. The Morgan fingerprint density at radius 2 is 1.90 bits per heavy atom. The van der Waals surface area contributed by atoms with E-state index in [1.807, 2.05) is 25.1 Å². The molecule has 6 nitrogen and oxygen atoms in total. The molecule has 0 spiro atoms. The molecule has 1 amide bonds. The monoisotopic (exact) mass is 440 g/mol. The van der Waals surface area contributed by atoms with E-state index in [0.717, 1.165) is 15.8 Å². The summed E-state index contributed by atoms with van der Waals surface area (Å²) in [4.78, 5) is 19.4. The minimum atomic E-state index is -3.55. The normalized spacial score (nSPS) is 11.6. The summed E-state index contributed by atoms with van der Waals surface area (Å²) in [6, 6.07) is 17.6. The van der Waals surface area contributed by atoms with Gasteiger partial charge in [0.2, 0.25) is 5.91 Å². The molecule has 0 aliphatic carbocycles. The molecule has 2 aromatic heterocycles. The molecular weight excluding hydrogens is 420 g/mol. The van der Waals surface area contributed by atoms with Gasteiger partial charge in [0.05, 0.1) is 33.7 Å². The van der Waals surface area contributed by atoms with Gasteiger partial charge in [0.25, 0.3) is 0 Å². The van der Waals surface area contributed by atoms with Gasteiger partial charge in [-0.15, -0.1) is 0 Å². The van der Waals surface area contributed by atoms with E-state index in [0.29, 0.717) is 10.9 Å². The predicted molar refractivity (Wildman–Crippen MR) is 117 cm³/mol. The summed E-state index contributed by atoms with van der Waals surface area (Å²) in [5.74, 6) is 0.0144. The summed E-state index contributed by atoms with van der Waals surface area (Å²) in [5, 5.41) is 0.522. The molecule has 4 aromatic rings. The Morgan fingerprint density at radius 3 is 2.63 bits per heavy atom. The number of hydrogen-bond donors (Lipinski definition) is 0. The summed E-state index contributed by atoms with van der Waals surface area (Å²) >= 11 is 1.40. The van der Waals surface area contributed by atoms with Crippen LogP contribution in [-0.4, -0.2) is 25.1 Å². The zero-order valence-electron chi connectivity index (χ0n) is 16.3. The summed E-state index contributed by atoms with van der Waals surface area (Å²) in [7, 11) is -3.55. The Hall–Kier alpha value is -2.97. The van der Waals surface area contributed by atoms with Crippen LogP contribution in [0.25, 0.3) is 10.2 Å². The number of rotatable bonds is 7. The molecule has 0 aliphatic rings. The number of carbonyl (C=O) groups is 1. The molecule has 0 bridgehead atoms. The van der Waals surface area contributed by atoms with Gasteiger partial charge in [0.15, 0.2) is 15.0 Å². The van der Waals surface area contributed by atoms with Crippen LogP contribution in [0.15, 0.2) is 76.2 Å². The number of thiazole rings is 1. The van der Waals surface area contributed by atoms with Crippen LogP contribution in [0.1, 0.15) is 17.7 Å². The number of amides is 1. The van der Waals surface area contributed by atoms with Crippen molar-refractivity contribution < 1.29 is 17.6 Å². The molecule has 0 fully saturated rings. The Kier molecular flexibility index (Phi) is 5.69. The van der Waals surface area contributed by atoms with E-state index in [1.54, 1.807) is 36.6 Å². The number of aromatic nitrogens is 1. The van der Waals surface area contributed by atoms with Crippen molar-refractivity contribution in [2.45, 2.75) is 24.8 Å². The molecule has 8 heteroatoms. The molecule has 0 aliphatic heterocycles.